The van der Waals surface area contributed by atoms with E-state index in [2.05, 4.69) is 15.5 Å². The monoisotopic (exact) mass is 443 g/mol. The van der Waals surface area contributed by atoms with Gasteiger partial charge in [0.2, 0.25) is 5.91 Å². The molecule has 0 unspecified atom stereocenters. The molecule has 0 atom stereocenters. The van der Waals surface area contributed by atoms with E-state index in [1.807, 2.05) is 0 Å². The zero-order valence-electron chi connectivity index (χ0n) is 13.7. The van der Waals surface area contributed by atoms with E-state index in [1.54, 1.807) is 0 Å². The molecule has 0 aromatic heterocycles. The molecule has 3 rings (SSSR count). The van der Waals surface area contributed by atoms with E-state index in [-0.39, 0.29) is 33.0 Å². The Morgan fingerprint density at radius 2 is 1.96 bits per heavy atom. The number of amidine groups is 1. The van der Waals surface area contributed by atoms with Gasteiger partial charge in [-0.25, -0.2) is 13.6 Å². The van der Waals surface area contributed by atoms with Gasteiger partial charge in [-0.15, -0.1) is 5.10 Å². The minimum absolute atomic E-state index is 0.0738. The quantitative estimate of drug-likeness (QED) is 0.334. The summed E-state index contributed by atoms with van der Waals surface area (Å²) in [5.74, 6) is -3.61. The van der Waals surface area contributed by atoms with Crippen LogP contribution in [-0.2, 0) is 4.79 Å². The van der Waals surface area contributed by atoms with Gasteiger partial charge in [0.15, 0.2) is 10.9 Å². The summed E-state index contributed by atoms with van der Waals surface area (Å²) in [6.07, 6.45) is 1.18. The maximum Gasteiger partial charge on any atom is 0.349 e. The molecular weight excluding hydrogens is 435 g/mol. The van der Waals surface area contributed by atoms with Crippen molar-refractivity contribution < 1.29 is 23.1 Å². The summed E-state index contributed by atoms with van der Waals surface area (Å²) >= 11 is 13.2. The number of esters is 1. The van der Waals surface area contributed by atoms with Crippen LogP contribution in [0.15, 0.2) is 40.5 Å². The minimum atomic E-state index is -1.28. The van der Waals surface area contributed by atoms with Crippen LogP contribution in [0.2, 0.25) is 10.0 Å². The normalized spacial score (nSPS) is 15.3. The van der Waals surface area contributed by atoms with E-state index in [4.69, 9.17) is 27.9 Å². The lowest BCUT2D eigenvalue weighted by atomic mass is 10.2. The maximum atomic E-state index is 13.8. The summed E-state index contributed by atoms with van der Waals surface area (Å²) in [7, 11) is 0. The number of halogens is 4. The van der Waals surface area contributed by atoms with E-state index in [9.17, 15) is 18.4 Å². The minimum Gasteiger partial charge on any atom is -0.420 e. The van der Waals surface area contributed by atoms with Gasteiger partial charge in [0, 0.05) is 10.6 Å². The second-order valence-corrected chi connectivity index (χ2v) is 7.09. The molecule has 1 aliphatic heterocycles. The molecular formula is C17H9Cl2F2N3O3S. The molecule has 2 aromatic rings. The molecule has 28 heavy (non-hydrogen) atoms. The largest absolute Gasteiger partial charge is 0.420 e. The summed E-state index contributed by atoms with van der Waals surface area (Å²) in [5.41, 5.74) is -0.719. The predicted molar refractivity (Wildman–Crippen MR) is 103 cm³/mol. The second kappa shape index (κ2) is 8.68. The number of thioether (sulfide) groups is 1. The zero-order valence-corrected chi connectivity index (χ0v) is 16.0. The first-order valence-electron chi connectivity index (χ1n) is 7.54. The Kier molecular flexibility index (Phi) is 6.28. The molecule has 1 amide bonds. The molecule has 1 aliphatic rings. The average Bonchev–Trinajstić information content (AvgIpc) is 3.03. The highest BCUT2D eigenvalue weighted by Crippen LogP contribution is 2.32. The van der Waals surface area contributed by atoms with Gasteiger partial charge in [-0.2, -0.15) is 5.10 Å². The van der Waals surface area contributed by atoms with Crippen molar-refractivity contribution in [3.63, 3.8) is 0 Å². The lowest BCUT2D eigenvalue weighted by molar-refractivity contribution is -0.116. The Bertz CT molecular complexity index is 1010. The number of rotatable bonds is 4. The fraction of sp³-hybridized carbons (Fsp3) is 0.0588. The number of nitrogens with zero attached hydrogens (tertiary/aromatic N) is 2. The lowest BCUT2D eigenvalue weighted by Gasteiger charge is -2.10. The summed E-state index contributed by atoms with van der Waals surface area (Å²) in [4.78, 5) is 23.4. The lowest BCUT2D eigenvalue weighted by Crippen LogP contribution is -2.19. The number of hydrogen-bond donors (Lipinski definition) is 1. The molecule has 144 valence electrons. The topological polar surface area (TPSA) is 80.1 Å². The molecule has 2 aromatic carbocycles. The van der Waals surface area contributed by atoms with Crippen LogP contribution in [0.4, 0.5) is 8.78 Å². The van der Waals surface area contributed by atoms with Gasteiger partial charge in [0.1, 0.15) is 17.2 Å². The van der Waals surface area contributed by atoms with E-state index in [0.717, 1.165) is 30.0 Å². The van der Waals surface area contributed by atoms with Crippen LogP contribution in [0.3, 0.4) is 0 Å². The molecule has 0 saturated carbocycles. The standard InChI is InChI=1S/C17H9Cl2F2N3O3S/c18-9-4-8(6-22-24-17-23-13(25)7-28-17)15(10(19)5-9)27-16(26)14-11(20)2-1-3-12(14)21/h1-6H,7H2,(H,23,24,25). The molecule has 1 saturated heterocycles. The van der Waals surface area contributed by atoms with Crippen LogP contribution in [0.5, 0.6) is 5.75 Å². The van der Waals surface area contributed by atoms with Gasteiger partial charge in [-0.05, 0) is 24.3 Å². The van der Waals surface area contributed by atoms with Crippen molar-refractivity contribution in [2.24, 2.45) is 10.2 Å². The third kappa shape index (κ3) is 4.67. The third-order valence-corrected chi connectivity index (χ3v) is 4.69. The Labute approximate surface area is 171 Å². The SMILES string of the molecule is O=C1CSC(=NN=Cc2cc(Cl)cc(Cl)c2OC(=O)c2c(F)cccc2F)N1. The maximum absolute atomic E-state index is 13.8. The Morgan fingerprint density at radius 1 is 1.25 bits per heavy atom. The first kappa shape index (κ1) is 20.2. The first-order valence-corrected chi connectivity index (χ1v) is 9.28. The van der Waals surface area contributed by atoms with Crippen LogP contribution in [-0.4, -0.2) is 29.0 Å². The van der Waals surface area contributed by atoms with Crippen molar-refractivity contribution in [1.29, 1.82) is 0 Å². The van der Waals surface area contributed by atoms with E-state index >= 15 is 0 Å². The van der Waals surface area contributed by atoms with Crippen molar-refractivity contribution in [3.8, 4) is 5.75 Å². The molecule has 0 spiro atoms. The average molecular weight is 444 g/mol. The number of amides is 1. The van der Waals surface area contributed by atoms with E-state index in [1.165, 1.54) is 18.3 Å². The van der Waals surface area contributed by atoms with Crippen molar-refractivity contribution in [3.05, 3.63) is 63.1 Å². The molecule has 1 fully saturated rings. The molecule has 1 N–H and O–H groups in total. The zero-order chi connectivity index (χ0) is 20.3. The van der Waals surface area contributed by atoms with Crippen molar-refractivity contribution in [2.45, 2.75) is 0 Å². The molecule has 0 aliphatic carbocycles. The van der Waals surface area contributed by atoms with Gasteiger partial charge in [-0.1, -0.05) is 41.0 Å². The fourth-order valence-corrected chi connectivity index (χ4v) is 3.32. The number of carbonyl (C=O) groups is 2. The number of benzene rings is 2. The number of carbonyl (C=O) groups excluding carboxylic acids is 2. The van der Waals surface area contributed by atoms with Crippen LogP contribution in [0.25, 0.3) is 0 Å². The number of ether oxygens (including phenoxy) is 1. The molecule has 11 heteroatoms. The summed E-state index contributed by atoms with van der Waals surface area (Å²) < 4.78 is 32.7. The molecule has 6 nitrogen and oxygen atoms in total. The van der Waals surface area contributed by atoms with Crippen molar-refractivity contribution >= 4 is 58.2 Å². The highest BCUT2D eigenvalue weighted by atomic mass is 35.5. The summed E-state index contributed by atoms with van der Waals surface area (Å²) in [6, 6.07) is 5.63. The Hall–Kier alpha value is -2.49. The highest BCUT2D eigenvalue weighted by molar-refractivity contribution is 8.15. The summed E-state index contributed by atoms with van der Waals surface area (Å²) in [5, 5.41) is 10.5. The summed E-state index contributed by atoms with van der Waals surface area (Å²) in [6.45, 7) is 0. The van der Waals surface area contributed by atoms with E-state index in [0.29, 0.717) is 5.17 Å². The van der Waals surface area contributed by atoms with Gasteiger partial charge in [0.25, 0.3) is 0 Å². The van der Waals surface area contributed by atoms with Crippen molar-refractivity contribution in [2.75, 3.05) is 5.75 Å². The smallest absolute Gasteiger partial charge is 0.349 e. The predicted octanol–water partition coefficient (Wildman–Crippen LogP) is 4.04. The molecule has 0 radical (unpaired) electrons. The van der Waals surface area contributed by atoms with Crippen LogP contribution >= 0.6 is 35.0 Å². The van der Waals surface area contributed by atoms with E-state index < -0.39 is 23.2 Å². The molecule has 0 bridgehead atoms. The van der Waals surface area contributed by atoms with Gasteiger partial charge in [-0.3, -0.25) is 4.79 Å². The van der Waals surface area contributed by atoms with Crippen LogP contribution in [0, 0.1) is 11.6 Å². The van der Waals surface area contributed by atoms with Crippen LogP contribution in [0.1, 0.15) is 15.9 Å². The first-order chi connectivity index (χ1) is 13.3. The van der Waals surface area contributed by atoms with Crippen LogP contribution < -0.4 is 10.1 Å². The number of hydrogen-bond acceptors (Lipinski definition) is 6. The second-order valence-electron chi connectivity index (χ2n) is 5.28. The van der Waals surface area contributed by atoms with Gasteiger partial charge in [0.05, 0.1) is 17.0 Å². The number of nitrogens with one attached hydrogen (secondary N) is 1. The Morgan fingerprint density at radius 3 is 2.61 bits per heavy atom. The Balaban J connectivity index is 1.90. The third-order valence-electron chi connectivity index (χ3n) is 3.33. The highest BCUT2D eigenvalue weighted by Gasteiger charge is 2.22. The molecule has 1 heterocycles. The van der Waals surface area contributed by atoms with Crippen molar-refractivity contribution in [1.82, 2.24) is 5.32 Å². The van der Waals surface area contributed by atoms with Gasteiger partial charge >= 0.3 is 5.97 Å². The fourth-order valence-electron chi connectivity index (χ4n) is 2.14. The van der Waals surface area contributed by atoms with Gasteiger partial charge < -0.3 is 10.1 Å².